The lowest BCUT2D eigenvalue weighted by atomic mass is 10.0. The summed E-state index contributed by atoms with van der Waals surface area (Å²) in [6, 6.07) is 33.0. The Hall–Kier alpha value is -6.34. The van der Waals surface area contributed by atoms with Crippen molar-refractivity contribution in [1.82, 2.24) is 19.9 Å². The average Bonchev–Trinajstić information content (AvgIpc) is 4.03. The lowest BCUT2D eigenvalue weighted by Crippen LogP contribution is -1.93. The van der Waals surface area contributed by atoms with Gasteiger partial charge in [0.25, 0.3) is 0 Å². The monoisotopic (exact) mass is 697 g/mol. The molecule has 4 N–H and O–H groups in total. The van der Waals surface area contributed by atoms with E-state index in [1.54, 1.807) is 14.2 Å². The third-order valence-electron chi connectivity index (χ3n) is 10.1. The van der Waals surface area contributed by atoms with E-state index < -0.39 is 0 Å². The average molecular weight is 698 g/mol. The highest BCUT2D eigenvalue weighted by molar-refractivity contribution is 5.98. The molecule has 0 saturated carbocycles. The summed E-state index contributed by atoms with van der Waals surface area (Å²) >= 11 is 0. The van der Waals surface area contributed by atoms with Gasteiger partial charge in [0, 0.05) is 50.0 Å². The first kappa shape index (κ1) is 33.8. The number of nitrogen functional groups attached to an aromatic ring is 1. The molecule has 53 heavy (non-hydrogen) atoms. The molecular formula is C46H43N5O2. The number of fused-ring (bicyclic) bond motifs is 8. The minimum atomic E-state index is 0.704. The van der Waals surface area contributed by atoms with Gasteiger partial charge >= 0.3 is 0 Å². The molecule has 8 rings (SSSR count). The lowest BCUT2D eigenvalue weighted by molar-refractivity contribution is 0.415. The number of ether oxygens (including phenoxy) is 2. The molecule has 3 aromatic heterocycles. The SMILES string of the molecule is CCCCCCc1c2nc(c(-c3cccc(OC)c3)c3ccc([nH]3)c(-c3ccc(N)cc3)c3nc(c(-c4cccc(OC)c4)c4ccc1[nH]4)C=C3)C=C2. The maximum atomic E-state index is 6.17. The van der Waals surface area contributed by atoms with Crippen LogP contribution >= 0.6 is 0 Å². The van der Waals surface area contributed by atoms with E-state index in [-0.39, 0.29) is 0 Å². The molecule has 0 aliphatic carbocycles. The molecule has 2 aliphatic rings. The van der Waals surface area contributed by atoms with E-state index >= 15 is 0 Å². The van der Waals surface area contributed by atoms with Gasteiger partial charge < -0.3 is 25.2 Å². The third kappa shape index (κ3) is 6.74. The molecule has 2 aliphatic heterocycles. The van der Waals surface area contributed by atoms with Crippen molar-refractivity contribution >= 4 is 52.1 Å². The number of hydrogen-bond acceptors (Lipinski definition) is 5. The Morgan fingerprint density at radius 2 is 1.02 bits per heavy atom. The summed E-state index contributed by atoms with van der Waals surface area (Å²) in [4.78, 5) is 18.4. The quantitative estimate of drug-likeness (QED) is 0.0975. The smallest absolute Gasteiger partial charge is 0.119 e. The fourth-order valence-corrected chi connectivity index (χ4v) is 7.37. The summed E-state index contributed by atoms with van der Waals surface area (Å²) in [5.74, 6) is 1.57. The van der Waals surface area contributed by atoms with Gasteiger partial charge in [-0.1, -0.05) is 62.6 Å². The Balaban J connectivity index is 1.51. The van der Waals surface area contributed by atoms with Crippen LogP contribution in [-0.4, -0.2) is 34.2 Å². The molecule has 5 heterocycles. The number of nitrogens with zero attached hydrogens (tertiary/aromatic N) is 2. The van der Waals surface area contributed by atoms with E-state index in [0.29, 0.717) is 5.69 Å². The van der Waals surface area contributed by atoms with Crippen molar-refractivity contribution in [3.8, 4) is 44.9 Å². The fourth-order valence-electron chi connectivity index (χ4n) is 7.37. The summed E-state index contributed by atoms with van der Waals surface area (Å²) < 4.78 is 11.4. The first-order valence-electron chi connectivity index (χ1n) is 18.3. The van der Waals surface area contributed by atoms with E-state index in [0.717, 1.165) is 103 Å². The molecule has 0 unspecified atom stereocenters. The normalized spacial score (nSPS) is 12.0. The van der Waals surface area contributed by atoms with Crippen molar-refractivity contribution in [3.63, 3.8) is 0 Å². The molecule has 0 spiro atoms. The number of aromatic amines is 2. The van der Waals surface area contributed by atoms with E-state index in [9.17, 15) is 0 Å². The minimum absolute atomic E-state index is 0.704. The molecule has 6 aromatic rings. The summed E-state index contributed by atoms with van der Waals surface area (Å²) in [5.41, 5.74) is 21.5. The van der Waals surface area contributed by atoms with Crippen LogP contribution in [0, 0.1) is 0 Å². The molecule has 0 atom stereocenters. The van der Waals surface area contributed by atoms with Gasteiger partial charge in [0.15, 0.2) is 0 Å². The van der Waals surface area contributed by atoms with Crippen LogP contribution in [0.2, 0.25) is 0 Å². The molecule has 8 bridgehead atoms. The van der Waals surface area contributed by atoms with Gasteiger partial charge in [0.2, 0.25) is 0 Å². The van der Waals surface area contributed by atoms with E-state index in [4.69, 9.17) is 25.2 Å². The maximum Gasteiger partial charge on any atom is 0.119 e. The molecule has 264 valence electrons. The summed E-state index contributed by atoms with van der Waals surface area (Å²) in [5, 5.41) is 0. The second-order valence-corrected chi connectivity index (χ2v) is 13.5. The lowest BCUT2D eigenvalue weighted by Gasteiger charge is -2.08. The molecule has 0 amide bonds. The van der Waals surface area contributed by atoms with Gasteiger partial charge in [-0.15, -0.1) is 0 Å². The molecular weight excluding hydrogens is 655 g/mol. The number of rotatable bonds is 10. The topological polar surface area (TPSA) is 102 Å². The number of H-pyrrole nitrogens is 2. The fraction of sp³-hybridized carbons (Fsp3) is 0.174. The Kier molecular flexibility index (Phi) is 9.38. The largest absolute Gasteiger partial charge is 0.497 e. The zero-order valence-corrected chi connectivity index (χ0v) is 30.4. The molecule has 3 aromatic carbocycles. The van der Waals surface area contributed by atoms with E-state index in [1.165, 1.54) is 24.8 Å². The van der Waals surface area contributed by atoms with Crippen LogP contribution in [0.1, 0.15) is 60.9 Å². The molecule has 0 saturated heterocycles. The first-order chi connectivity index (χ1) is 26.0. The predicted octanol–water partition coefficient (Wildman–Crippen LogP) is 11.4. The number of aromatic nitrogens is 4. The zero-order chi connectivity index (χ0) is 36.3. The Labute approximate surface area is 309 Å². The van der Waals surface area contributed by atoms with Crippen LogP contribution in [0.15, 0.2) is 97.1 Å². The number of nitrogens with one attached hydrogen (secondary N) is 2. The summed E-state index contributed by atoms with van der Waals surface area (Å²) in [6.07, 6.45) is 14.1. The van der Waals surface area contributed by atoms with Crippen molar-refractivity contribution in [1.29, 1.82) is 0 Å². The molecule has 0 fully saturated rings. The maximum absolute atomic E-state index is 6.17. The minimum Gasteiger partial charge on any atom is -0.497 e. The molecule has 7 nitrogen and oxygen atoms in total. The van der Waals surface area contributed by atoms with Gasteiger partial charge in [-0.3, -0.25) is 0 Å². The van der Waals surface area contributed by atoms with Gasteiger partial charge in [0.1, 0.15) is 11.5 Å². The number of aryl methyl sites for hydroxylation is 1. The van der Waals surface area contributed by atoms with Crippen molar-refractivity contribution < 1.29 is 9.47 Å². The Morgan fingerprint density at radius 1 is 0.528 bits per heavy atom. The zero-order valence-electron chi connectivity index (χ0n) is 30.4. The van der Waals surface area contributed by atoms with Crippen LogP contribution in [0.3, 0.4) is 0 Å². The molecule has 7 heteroatoms. The number of hydrogen-bond donors (Lipinski definition) is 3. The summed E-state index contributed by atoms with van der Waals surface area (Å²) in [6.45, 7) is 2.25. The number of nitrogens with two attached hydrogens (primary N) is 1. The first-order valence-corrected chi connectivity index (χ1v) is 18.3. The van der Waals surface area contributed by atoms with Crippen molar-refractivity contribution in [2.24, 2.45) is 0 Å². The number of unbranched alkanes of at least 4 members (excludes halogenated alkanes) is 3. The number of benzene rings is 3. The van der Waals surface area contributed by atoms with Gasteiger partial charge in [-0.05, 0) is 114 Å². The van der Waals surface area contributed by atoms with Crippen molar-refractivity contribution in [2.45, 2.75) is 39.0 Å². The Morgan fingerprint density at radius 3 is 1.57 bits per heavy atom. The van der Waals surface area contributed by atoms with Gasteiger partial charge in [-0.25, -0.2) is 9.97 Å². The second-order valence-electron chi connectivity index (χ2n) is 13.5. The van der Waals surface area contributed by atoms with Crippen LogP contribution in [0.4, 0.5) is 5.69 Å². The van der Waals surface area contributed by atoms with Crippen LogP contribution in [-0.2, 0) is 6.42 Å². The highest BCUT2D eigenvalue weighted by Gasteiger charge is 2.19. The predicted molar refractivity (Wildman–Crippen MR) is 221 cm³/mol. The highest BCUT2D eigenvalue weighted by Crippen LogP contribution is 2.38. The van der Waals surface area contributed by atoms with Crippen LogP contribution < -0.4 is 15.2 Å². The van der Waals surface area contributed by atoms with Crippen molar-refractivity contribution in [2.75, 3.05) is 20.0 Å². The third-order valence-corrected chi connectivity index (χ3v) is 10.1. The second kappa shape index (κ2) is 14.7. The number of methoxy groups -OCH3 is 2. The van der Waals surface area contributed by atoms with E-state index in [2.05, 4.69) is 102 Å². The van der Waals surface area contributed by atoms with Gasteiger partial charge in [-0.2, -0.15) is 0 Å². The van der Waals surface area contributed by atoms with E-state index in [1.807, 2.05) is 36.4 Å². The van der Waals surface area contributed by atoms with Crippen LogP contribution in [0.5, 0.6) is 11.5 Å². The Bertz CT molecular complexity index is 2490. The molecule has 0 radical (unpaired) electrons. The standard InChI is InChI=1S/C46H43N5O2/c1-4-5-6-7-14-35-36-19-21-40(48-36)45(30-10-8-12-33(27-30)52-2)42-25-23-38(50-42)44(29-15-17-32(47)18-16-29)39-24-26-43(51-39)46(41-22-20-37(35)49-41)31-11-9-13-34(28-31)53-3/h8-13,15-28,48,51H,4-7,14,47H2,1-3H3. The van der Waals surface area contributed by atoms with Gasteiger partial charge in [0.05, 0.1) is 37.0 Å². The summed E-state index contributed by atoms with van der Waals surface area (Å²) in [7, 11) is 3.40. The number of anilines is 1. The van der Waals surface area contributed by atoms with Crippen LogP contribution in [0.25, 0.3) is 79.8 Å². The van der Waals surface area contributed by atoms with Crippen molar-refractivity contribution in [3.05, 3.63) is 125 Å². The highest BCUT2D eigenvalue weighted by atomic mass is 16.5.